The summed E-state index contributed by atoms with van der Waals surface area (Å²) < 4.78 is 5.34. The van der Waals surface area contributed by atoms with Gasteiger partial charge in [0.2, 0.25) is 0 Å². The first-order valence-corrected chi connectivity index (χ1v) is 9.17. The topological polar surface area (TPSA) is 49.7 Å². The van der Waals surface area contributed by atoms with Gasteiger partial charge in [-0.05, 0) is 40.9 Å². The van der Waals surface area contributed by atoms with E-state index in [-0.39, 0.29) is 10.8 Å². The molecule has 0 fully saturated rings. The molecule has 126 valence electrons. The predicted molar refractivity (Wildman–Crippen MR) is 94.4 cm³/mol. The maximum absolute atomic E-state index is 9.29. The molecule has 0 saturated heterocycles. The van der Waals surface area contributed by atoms with Crippen molar-refractivity contribution in [2.75, 3.05) is 0 Å². The zero-order chi connectivity index (χ0) is 17.1. The third kappa shape index (κ3) is 4.94. The molecule has 0 aliphatic heterocycles. The molecular formula is C18H31O3P. The Balaban J connectivity index is 3.59. The van der Waals surface area contributed by atoms with E-state index in [1.807, 2.05) is 6.07 Å². The lowest BCUT2D eigenvalue weighted by atomic mass is 9.74. The van der Waals surface area contributed by atoms with Crippen LogP contribution in [-0.4, -0.2) is 9.79 Å². The number of hydrogen-bond acceptors (Lipinski definition) is 3. The average Bonchev–Trinajstić information content (AvgIpc) is 2.32. The fraction of sp³-hybridized carbons (Fsp3) is 0.667. The van der Waals surface area contributed by atoms with E-state index in [2.05, 4.69) is 54.5 Å². The van der Waals surface area contributed by atoms with Gasteiger partial charge in [-0.2, -0.15) is 0 Å². The van der Waals surface area contributed by atoms with E-state index >= 15 is 0 Å². The Morgan fingerprint density at radius 1 is 1.00 bits per heavy atom. The number of rotatable bonds is 5. The van der Waals surface area contributed by atoms with Crippen molar-refractivity contribution in [3.8, 4) is 5.75 Å². The molecule has 0 spiro atoms. The van der Waals surface area contributed by atoms with Crippen LogP contribution >= 0.6 is 8.60 Å². The van der Waals surface area contributed by atoms with Gasteiger partial charge >= 0.3 is 8.60 Å². The maximum atomic E-state index is 9.29. The Morgan fingerprint density at radius 2 is 1.59 bits per heavy atom. The summed E-state index contributed by atoms with van der Waals surface area (Å²) in [5.74, 6) is 0.600. The molecule has 1 aromatic rings. The molecule has 4 heteroatoms. The molecule has 0 aliphatic rings. The molecule has 0 aromatic heterocycles. The highest BCUT2D eigenvalue weighted by atomic mass is 31.2. The molecule has 0 radical (unpaired) electrons. The van der Waals surface area contributed by atoms with E-state index in [4.69, 9.17) is 4.52 Å². The SMILES string of the molecule is CCCCc1c(C(C)(C)C)ccc(OP(O)O)c1C(C)(C)C. The lowest BCUT2D eigenvalue weighted by Gasteiger charge is -2.32. The fourth-order valence-electron chi connectivity index (χ4n) is 2.93. The van der Waals surface area contributed by atoms with Crippen LogP contribution in [0.2, 0.25) is 0 Å². The molecule has 0 aliphatic carbocycles. The third-order valence-corrected chi connectivity index (χ3v) is 4.15. The minimum atomic E-state index is -2.40. The molecular weight excluding hydrogens is 295 g/mol. The van der Waals surface area contributed by atoms with Crippen molar-refractivity contribution in [2.24, 2.45) is 0 Å². The van der Waals surface area contributed by atoms with Gasteiger partial charge in [0.05, 0.1) is 0 Å². The van der Waals surface area contributed by atoms with Crippen molar-refractivity contribution >= 4 is 8.60 Å². The van der Waals surface area contributed by atoms with Crippen molar-refractivity contribution < 1.29 is 14.3 Å². The van der Waals surface area contributed by atoms with Crippen LogP contribution in [0, 0.1) is 0 Å². The molecule has 0 heterocycles. The number of hydrogen-bond donors (Lipinski definition) is 2. The van der Waals surface area contributed by atoms with E-state index < -0.39 is 8.60 Å². The second kappa shape index (κ2) is 7.29. The summed E-state index contributed by atoms with van der Waals surface area (Å²) in [6.07, 6.45) is 3.23. The van der Waals surface area contributed by atoms with E-state index in [0.717, 1.165) is 24.8 Å². The molecule has 1 rings (SSSR count). The minimum Gasteiger partial charge on any atom is -0.427 e. The highest BCUT2D eigenvalue weighted by Gasteiger charge is 2.29. The van der Waals surface area contributed by atoms with Gasteiger partial charge in [-0.3, -0.25) is 0 Å². The summed E-state index contributed by atoms with van der Waals surface area (Å²) in [7, 11) is -2.40. The number of benzene rings is 1. The molecule has 1 aromatic carbocycles. The zero-order valence-corrected chi connectivity index (χ0v) is 15.9. The van der Waals surface area contributed by atoms with Gasteiger partial charge < -0.3 is 14.3 Å². The van der Waals surface area contributed by atoms with Gasteiger partial charge in [-0.25, -0.2) is 0 Å². The lowest BCUT2D eigenvalue weighted by molar-refractivity contribution is 0.369. The van der Waals surface area contributed by atoms with Crippen LogP contribution in [0.4, 0.5) is 0 Å². The summed E-state index contributed by atoms with van der Waals surface area (Å²) in [4.78, 5) is 18.6. The first kappa shape index (κ1) is 19.4. The first-order valence-electron chi connectivity index (χ1n) is 8.01. The van der Waals surface area contributed by atoms with Gasteiger partial charge in [0.25, 0.3) is 0 Å². The number of unbranched alkanes of at least 4 members (excludes halogenated alkanes) is 1. The molecule has 0 bridgehead atoms. The van der Waals surface area contributed by atoms with Crippen molar-refractivity contribution in [3.63, 3.8) is 0 Å². The maximum Gasteiger partial charge on any atom is 0.391 e. The van der Waals surface area contributed by atoms with Crippen LogP contribution in [0.1, 0.15) is 78.0 Å². The van der Waals surface area contributed by atoms with Crippen LogP contribution < -0.4 is 4.52 Å². The quantitative estimate of drug-likeness (QED) is 0.730. The molecule has 2 N–H and O–H groups in total. The average molecular weight is 326 g/mol. The Morgan fingerprint density at radius 3 is 2.00 bits per heavy atom. The molecule has 0 amide bonds. The Labute approximate surface area is 136 Å². The van der Waals surface area contributed by atoms with Crippen LogP contribution in [-0.2, 0) is 17.3 Å². The van der Waals surface area contributed by atoms with Crippen LogP contribution in [0.15, 0.2) is 12.1 Å². The Kier molecular flexibility index (Phi) is 6.44. The molecule has 0 saturated carbocycles. The highest BCUT2D eigenvalue weighted by molar-refractivity contribution is 7.39. The fourth-order valence-corrected chi connectivity index (χ4v) is 3.26. The van der Waals surface area contributed by atoms with Crippen LogP contribution in [0.25, 0.3) is 0 Å². The van der Waals surface area contributed by atoms with Gasteiger partial charge in [0.1, 0.15) is 5.75 Å². The lowest BCUT2D eigenvalue weighted by Crippen LogP contribution is -2.22. The standard InChI is InChI=1S/C18H31O3P/c1-8-9-10-13-14(17(2,3)4)11-12-15(21-22(19)20)16(13)18(5,6)7/h11-12,19-20H,8-10H2,1-7H3. The second-order valence-corrected chi connectivity index (χ2v) is 8.60. The summed E-state index contributed by atoms with van der Waals surface area (Å²) in [6.45, 7) is 15.3. The Bertz CT molecular complexity index is 496. The van der Waals surface area contributed by atoms with Crippen molar-refractivity contribution in [1.82, 2.24) is 0 Å². The summed E-state index contributed by atoms with van der Waals surface area (Å²) >= 11 is 0. The smallest absolute Gasteiger partial charge is 0.391 e. The predicted octanol–water partition coefficient (Wildman–Crippen LogP) is 5.21. The molecule has 0 unspecified atom stereocenters. The molecule has 22 heavy (non-hydrogen) atoms. The largest absolute Gasteiger partial charge is 0.427 e. The minimum absolute atomic E-state index is 0.0464. The zero-order valence-electron chi connectivity index (χ0n) is 15.0. The van der Waals surface area contributed by atoms with E-state index in [0.29, 0.717) is 5.75 Å². The van der Waals surface area contributed by atoms with Gasteiger partial charge in [-0.15, -0.1) is 0 Å². The summed E-state index contributed by atoms with van der Waals surface area (Å²) in [5.41, 5.74) is 3.65. The summed E-state index contributed by atoms with van der Waals surface area (Å²) in [5, 5.41) is 0. The third-order valence-electron chi connectivity index (χ3n) is 3.79. The van der Waals surface area contributed by atoms with Gasteiger partial charge in [0.15, 0.2) is 0 Å². The Hall–Kier alpha value is -0.630. The van der Waals surface area contributed by atoms with Gasteiger partial charge in [0, 0.05) is 5.56 Å². The van der Waals surface area contributed by atoms with Crippen molar-refractivity contribution in [3.05, 3.63) is 28.8 Å². The normalized spacial score (nSPS) is 12.8. The highest BCUT2D eigenvalue weighted by Crippen LogP contribution is 2.43. The van der Waals surface area contributed by atoms with Gasteiger partial charge in [-0.1, -0.05) is 61.0 Å². The van der Waals surface area contributed by atoms with E-state index in [1.165, 1.54) is 11.1 Å². The van der Waals surface area contributed by atoms with Crippen molar-refractivity contribution in [1.29, 1.82) is 0 Å². The molecule has 3 nitrogen and oxygen atoms in total. The van der Waals surface area contributed by atoms with E-state index in [1.54, 1.807) is 0 Å². The van der Waals surface area contributed by atoms with Crippen LogP contribution in [0.5, 0.6) is 5.75 Å². The second-order valence-electron chi connectivity index (χ2n) is 7.91. The monoisotopic (exact) mass is 326 g/mol. The summed E-state index contributed by atoms with van der Waals surface area (Å²) in [6, 6.07) is 3.97. The first-order chi connectivity index (χ1) is 9.98. The van der Waals surface area contributed by atoms with Crippen LogP contribution in [0.3, 0.4) is 0 Å². The van der Waals surface area contributed by atoms with E-state index in [9.17, 15) is 9.79 Å². The van der Waals surface area contributed by atoms with Crippen molar-refractivity contribution in [2.45, 2.75) is 78.6 Å². The molecule has 0 atom stereocenters.